The molecule has 0 aliphatic heterocycles. The van der Waals surface area contributed by atoms with Gasteiger partial charge in [-0.1, -0.05) is 24.3 Å². The average Bonchev–Trinajstić information content (AvgIpc) is 3.16. The van der Waals surface area contributed by atoms with Crippen LogP contribution in [0.2, 0.25) is 0 Å². The maximum Gasteiger partial charge on any atom is 0.315 e. The van der Waals surface area contributed by atoms with Crippen molar-refractivity contribution in [3.63, 3.8) is 0 Å². The quantitative estimate of drug-likeness (QED) is 0.779. The summed E-state index contributed by atoms with van der Waals surface area (Å²) in [5.41, 5.74) is 3.29. The van der Waals surface area contributed by atoms with Gasteiger partial charge in [0, 0.05) is 13.0 Å². The Balaban J connectivity index is 1.60. The monoisotopic (exact) mass is 345 g/mol. The van der Waals surface area contributed by atoms with Crippen molar-refractivity contribution in [1.82, 2.24) is 15.5 Å². The molecule has 0 saturated heterocycles. The third-order valence-corrected chi connectivity index (χ3v) is 5.20. The van der Waals surface area contributed by atoms with Crippen LogP contribution >= 0.6 is 11.3 Å². The lowest BCUT2D eigenvalue weighted by Crippen LogP contribution is -2.43. The van der Waals surface area contributed by atoms with Crippen LogP contribution in [0.3, 0.4) is 0 Å². The number of amides is 2. The van der Waals surface area contributed by atoms with Crippen LogP contribution in [0.25, 0.3) is 0 Å². The second kappa shape index (κ2) is 7.34. The zero-order chi connectivity index (χ0) is 17.1. The molecule has 2 aromatic rings. The highest BCUT2D eigenvalue weighted by molar-refractivity contribution is 7.07. The van der Waals surface area contributed by atoms with E-state index in [9.17, 15) is 9.90 Å². The maximum absolute atomic E-state index is 12.3. The molecule has 0 saturated carbocycles. The molecule has 1 aromatic carbocycles. The van der Waals surface area contributed by atoms with E-state index in [1.165, 1.54) is 5.56 Å². The van der Waals surface area contributed by atoms with Gasteiger partial charge < -0.3 is 20.6 Å². The van der Waals surface area contributed by atoms with E-state index in [1.54, 1.807) is 11.3 Å². The molecule has 24 heavy (non-hydrogen) atoms. The largest absolute Gasteiger partial charge is 0.390 e. The molecule has 3 atom stereocenters. The SMILES string of the molecule is CN(C)[C@H](CNC(=O)N[C@@H]1c2ccccc2C[C@@H]1O)c1ccsc1. The van der Waals surface area contributed by atoms with Crippen molar-refractivity contribution in [3.8, 4) is 0 Å². The molecule has 1 aliphatic rings. The normalized spacial score (nSPS) is 20.7. The van der Waals surface area contributed by atoms with Gasteiger partial charge in [-0.2, -0.15) is 11.3 Å². The summed E-state index contributed by atoms with van der Waals surface area (Å²) in [6.07, 6.45) is 0.00533. The standard InChI is InChI=1S/C18H23N3O2S/c1-21(2)15(13-7-8-24-11-13)10-19-18(23)20-17-14-6-4-3-5-12(14)9-16(17)22/h3-8,11,15-17,22H,9-10H2,1-2H3,(H2,19,20,23)/t15-,16+,17-/m1/s1. The van der Waals surface area contributed by atoms with Crippen LogP contribution in [0.15, 0.2) is 41.1 Å². The fourth-order valence-electron chi connectivity index (χ4n) is 3.19. The van der Waals surface area contributed by atoms with Gasteiger partial charge in [0.05, 0.1) is 18.2 Å². The number of fused-ring (bicyclic) bond motifs is 1. The molecule has 1 aliphatic carbocycles. The molecule has 0 fully saturated rings. The Kier molecular flexibility index (Phi) is 5.18. The lowest BCUT2D eigenvalue weighted by molar-refractivity contribution is 0.142. The number of urea groups is 1. The number of aliphatic hydroxyl groups is 1. The lowest BCUT2D eigenvalue weighted by Gasteiger charge is -2.25. The summed E-state index contributed by atoms with van der Waals surface area (Å²) >= 11 is 1.65. The number of nitrogens with zero attached hydrogens (tertiary/aromatic N) is 1. The van der Waals surface area contributed by atoms with Gasteiger partial charge in [-0.25, -0.2) is 4.79 Å². The van der Waals surface area contributed by atoms with Crippen molar-refractivity contribution in [2.24, 2.45) is 0 Å². The van der Waals surface area contributed by atoms with E-state index in [1.807, 2.05) is 43.7 Å². The minimum absolute atomic E-state index is 0.128. The zero-order valence-electron chi connectivity index (χ0n) is 13.9. The number of aliphatic hydroxyl groups excluding tert-OH is 1. The van der Waals surface area contributed by atoms with Crippen LogP contribution in [0.5, 0.6) is 0 Å². The first-order chi connectivity index (χ1) is 11.6. The smallest absolute Gasteiger partial charge is 0.315 e. The minimum atomic E-state index is -0.574. The van der Waals surface area contributed by atoms with Crippen molar-refractivity contribution >= 4 is 17.4 Å². The number of carbonyl (C=O) groups excluding carboxylic acids is 1. The third kappa shape index (κ3) is 3.61. The third-order valence-electron chi connectivity index (χ3n) is 4.50. The summed E-state index contributed by atoms with van der Waals surface area (Å²) in [5.74, 6) is 0. The zero-order valence-corrected chi connectivity index (χ0v) is 14.7. The highest BCUT2D eigenvalue weighted by Gasteiger charge is 2.31. The predicted molar refractivity (Wildman–Crippen MR) is 96.2 cm³/mol. The average molecular weight is 345 g/mol. The van der Waals surface area contributed by atoms with E-state index in [-0.39, 0.29) is 18.1 Å². The number of rotatable bonds is 5. The summed E-state index contributed by atoms with van der Waals surface area (Å²) in [7, 11) is 4.00. The molecular weight excluding hydrogens is 322 g/mol. The Morgan fingerprint density at radius 3 is 2.88 bits per heavy atom. The molecule has 5 nitrogen and oxygen atoms in total. The van der Waals surface area contributed by atoms with Gasteiger partial charge in [-0.3, -0.25) is 0 Å². The van der Waals surface area contributed by atoms with Crippen LogP contribution < -0.4 is 10.6 Å². The Bertz CT molecular complexity index is 687. The first-order valence-corrected chi connectivity index (χ1v) is 8.99. The van der Waals surface area contributed by atoms with Gasteiger partial charge in [0.2, 0.25) is 0 Å². The Labute approximate surface area is 146 Å². The number of hydrogen-bond acceptors (Lipinski definition) is 4. The fourth-order valence-corrected chi connectivity index (χ4v) is 3.90. The molecule has 3 N–H and O–H groups in total. The lowest BCUT2D eigenvalue weighted by atomic mass is 10.1. The summed E-state index contributed by atoms with van der Waals surface area (Å²) in [6, 6.07) is 9.45. The van der Waals surface area contributed by atoms with Crippen LogP contribution in [0, 0.1) is 0 Å². The molecule has 0 unspecified atom stereocenters. The molecule has 3 rings (SSSR count). The summed E-state index contributed by atoms with van der Waals surface area (Å²) in [6.45, 7) is 0.514. The van der Waals surface area contributed by atoms with Crippen molar-refractivity contribution in [1.29, 1.82) is 0 Å². The molecular formula is C18H23N3O2S. The first-order valence-electron chi connectivity index (χ1n) is 8.05. The molecule has 0 radical (unpaired) electrons. The number of thiophene rings is 1. The topological polar surface area (TPSA) is 64.6 Å². The first kappa shape index (κ1) is 17.0. The second-order valence-corrected chi connectivity index (χ2v) is 7.12. The van der Waals surface area contributed by atoms with E-state index in [2.05, 4.69) is 27.0 Å². The van der Waals surface area contributed by atoms with Crippen molar-refractivity contribution in [2.45, 2.75) is 24.6 Å². The predicted octanol–water partition coefficient (Wildman–Crippen LogP) is 2.31. The van der Waals surface area contributed by atoms with E-state index >= 15 is 0 Å². The molecule has 6 heteroatoms. The molecule has 1 aromatic heterocycles. The van der Waals surface area contributed by atoms with Crippen molar-refractivity contribution in [2.75, 3.05) is 20.6 Å². The summed E-state index contributed by atoms with van der Waals surface area (Å²) < 4.78 is 0. The van der Waals surface area contributed by atoms with Gasteiger partial charge in [0.25, 0.3) is 0 Å². The molecule has 0 spiro atoms. The number of nitrogens with one attached hydrogen (secondary N) is 2. The maximum atomic E-state index is 12.3. The number of carbonyl (C=O) groups is 1. The van der Waals surface area contributed by atoms with Crippen LogP contribution in [-0.4, -0.2) is 42.8 Å². The Morgan fingerprint density at radius 1 is 1.38 bits per heavy atom. The molecule has 0 bridgehead atoms. The highest BCUT2D eigenvalue weighted by atomic mass is 32.1. The van der Waals surface area contributed by atoms with Crippen LogP contribution in [0.4, 0.5) is 4.79 Å². The number of likely N-dealkylation sites (N-methyl/N-ethyl adjacent to an activating group) is 1. The van der Waals surface area contributed by atoms with Gasteiger partial charge in [0.15, 0.2) is 0 Å². The van der Waals surface area contributed by atoms with E-state index in [4.69, 9.17) is 0 Å². The van der Waals surface area contributed by atoms with Gasteiger partial charge >= 0.3 is 6.03 Å². The van der Waals surface area contributed by atoms with Crippen LogP contribution in [0.1, 0.15) is 28.8 Å². The Morgan fingerprint density at radius 2 is 2.17 bits per heavy atom. The van der Waals surface area contributed by atoms with Crippen molar-refractivity contribution in [3.05, 3.63) is 57.8 Å². The van der Waals surface area contributed by atoms with Gasteiger partial charge in [0.1, 0.15) is 0 Å². The fraction of sp³-hybridized carbons (Fsp3) is 0.389. The highest BCUT2D eigenvalue weighted by Crippen LogP contribution is 2.31. The molecule has 2 amide bonds. The summed E-state index contributed by atoms with van der Waals surface area (Å²) in [5, 5.41) is 20.2. The molecule has 1 heterocycles. The Hall–Kier alpha value is -1.89. The molecule has 128 valence electrons. The summed E-state index contributed by atoms with van der Waals surface area (Å²) in [4.78, 5) is 14.4. The van der Waals surface area contributed by atoms with E-state index in [0.29, 0.717) is 13.0 Å². The number of hydrogen-bond donors (Lipinski definition) is 3. The van der Waals surface area contributed by atoms with Crippen LogP contribution in [-0.2, 0) is 6.42 Å². The van der Waals surface area contributed by atoms with E-state index in [0.717, 1.165) is 11.1 Å². The van der Waals surface area contributed by atoms with Gasteiger partial charge in [-0.05, 0) is 47.6 Å². The van der Waals surface area contributed by atoms with Gasteiger partial charge in [-0.15, -0.1) is 0 Å². The van der Waals surface area contributed by atoms with E-state index < -0.39 is 6.10 Å². The minimum Gasteiger partial charge on any atom is -0.390 e. The van der Waals surface area contributed by atoms with Crippen molar-refractivity contribution < 1.29 is 9.90 Å². The number of benzene rings is 1. The second-order valence-electron chi connectivity index (χ2n) is 6.34.